The standard InChI is InChI=1S/C28H25N5O3S/c1-3-31(4-2)22-15-13-20(14-16-22)18-29-32-25(27-17-21-9-5-8-12-26(21)36-27)19-37-28(32)30-23-10-6-7-11-24(23)33(34)35/h5-19H,3-4H2,1-2H3. The summed E-state index contributed by atoms with van der Waals surface area (Å²) in [4.78, 5) is 18.5. The summed E-state index contributed by atoms with van der Waals surface area (Å²) in [6.07, 6.45) is 1.75. The fraction of sp³-hybridized carbons (Fsp3) is 0.143. The number of fused-ring (bicyclic) bond motifs is 1. The lowest BCUT2D eigenvalue weighted by Gasteiger charge is -2.20. The second kappa shape index (κ2) is 10.6. The van der Waals surface area contributed by atoms with Crippen LogP contribution < -0.4 is 9.70 Å². The number of hydrogen-bond acceptors (Lipinski definition) is 7. The number of hydrogen-bond donors (Lipinski definition) is 0. The monoisotopic (exact) mass is 511 g/mol. The van der Waals surface area contributed by atoms with Crippen LogP contribution in [0.5, 0.6) is 0 Å². The number of nitro groups is 1. The van der Waals surface area contributed by atoms with Crippen LogP contribution in [0.1, 0.15) is 19.4 Å². The molecule has 0 unspecified atom stereocenters. The van der Waals surface area contributed by atoms with Crippen molar-refractivity contribution in [2.45, 2.75) is 13.8 Å². The molecule has 8 nitrogen and oxygen atoms in total. The van der Waals surface area contributed by atoms with E-state index in [9.17, 15) is 10.1 Å². The van der Waals surface area contributed by atoms with Gasteiger partial charge >= 0.3 is 0 Å². The molecule has 0 N–H and O–H groups in total. The van der Waals surface area contributed by atoms with Crippen LogP contribution in [0.3, 0.4) is 0 Å². The number of para-hydroxylation sites is 3. The summed E-state index contributed by atoms with van der Waals surface area (Å²) >= 11 is 1.34. The van der Waals surface area contributed by atoms with Gasteiger partial charge in [-0.2, -0.15) is 5.10 Å². The average molecular weight is 512 g/mol. The molecule has 0 atom stereocenters. The zero-order valence-corrected chi connectivity index (χ0v) is 21.3. The largest absolute Gasteiger partial charge is 0.454 e. The number of rotatable bonds is 8. The molecule has 0 fully saturated rings. The molecule has 0 bridgehead atoms. The normalized spacial score (nSPS) is 12.0. The van der Waals surface area contributed by atoms with Gasteiger partial charge in [0, 0.05) is 35.6 Å². The Labute approximate surface area is 217 Å². The number of anilines is 1. The van der Waals surface area contributed by atoms with Gasteiger partial charge in [0.05, 0.1) is 11.1 Å². The molecule has 0 aliphatic heterocycles. The summed E-state index contributed by atoms with van der Waals surface area (Å²) in [6, 6.07) is 24.3. The molecule has 2 heterocycles. The number of aromatic nitrogens is 1. The van der Waals surface area contributed by atoms with Gasteiger partial charge in [0.15, 0.2) is 5.76 Å². The van der Waals surface area contributed by atoms with Crippen molar-refractivity contribution < 1.29 is 9.34 Å². The Hall–Kier alpha value is -4.50. The van der Waals surface area contributed by atoms with E-state index < -0.39 is 4.92 Å². The van der Waals surface area contributed by atoms with E-state index >= 15 is 0 Å². The van der Waals surface area contributed by atoms with E-state index in [-0.39, 0.29) is 11.4 Å². The van der Waals surface area contributed by atoms with E-state index in [1.165, 1.54) is 17.4 Å². The Bertz CT molecular complexity index is 1610. The fourth-order valence-corrected chi connectivity index (χ4v) is 4.90. The third kappa shape index (κ3) is 5.07. The molecule has 5 rings (SSSR count). The second-order valence-electron chi connectivity index (χ2n) is 8.23. The number of benzene rings is 3. The van der Waals surface area contributed by atoms with E-state index in [1.807, 2.05) is 47.8 Å². The molecule has 3 aromatic carbocycles. The predicted molar refractivity (Wildman–Crippen MR) is 149 cm³/mol. The molecule has 0 radical (unpaired) electrons. The Balaban J connectivity index is 1.61. The van der Waals surface area contributed by atoms with Crippen LogP contribution in [0.2, 0.25) is 0 Å². The summed E-state index contributed by atoms with van der Waals surface area (Å²) in [5, 5.41) is 19.2. The van der Waals surface area contributed by atoms with Crippen LogP contribution in [0.25, 0.3) is 22.4 Å². The van der Waals surface area contributed by atoms with Gasteiger partial charge in [-0.1, -0.05) is 42.5 Å². The SMILES string of the molecule is CCN(CC)c1ccc(C=Nn2c(-c3cc4ccccc4o3)csc2=Nc2ccccc2[N+](=O)[O-])cc1. The first-order valence-electron chi connectivity index (χ1n) is 11.9. The second-order valence-corrected chi connectivity index (χ2v) is 9.07. The highest BCUT2D eigenvalue weighted by Crippen LogP contribution is 2.30. The van der Waals surface area contributed by atoms with Crippen LogP contribution in [-0.4, -0.2) is 28.9 Å². The van der Waals surface area contributed by atoms with Gasteiger partial charge in [-0.3, -0.25) is 10.1 Å². The molecular formula is C28H25N5O3S. The lowest BCUT2D eigenvalue weighted by atomic mass is 10.2. The van der Waals surface area contributed by atoms with Crippen molar-refractivity contribution in [1.82, 2.24) is 4.68 Å². The summed E-state index contributed by atoms with van der Waals surface area (Å²) in [7, 11) is 0. The first kappa shape index (κ1) is 24.2. The summed E-state index contributed by atoms with van der Waals surface area (Å²) in [5.41, 5.74) is 3.74. The first-order chi connectivity index (χ1) is 18.1. The fourth-order valence-electron chi connectivity index (χ4n) is 4.07. The van der Waals surface area contributed by atoms with Crippen LogP contribution in [0.4, 0.5) is 17.1 Å². The van der Waals surface area contributed by atoms with Gasteiger partial charge in [-0.15, -0.1) is 11.3 Å². The van der Waals surface area contributed by atoms with Gasteiger partial charge in [-0.05, 0) is 49.7 Å². The molecule has 0 aliphatic carbocycles. The number of nitro benzene ring substituents is 1. The molecule has 0 saturated carbocycles. The molecule has 0 aliphatic rings. The summed E-state index contributed by atoms with van der Waals surface area (Å²) in [6.45, 7) is 6.14. The lowest BCUT2D eigenvalue weighted by Crippen LogP contribution is -2.21. The highest BCUT2D eigenvalue weighted by atomic mass is 32.1. The molecule has 37 heavy (non-hydrogen) atoms. The van der Waals surface area contributed by atoms with Crippen LogP contribution in [-0.2, 0) is 0 Å². The van der Waals surface area contributed by atoms with E-state index in [1.54, 1.807) is 29.1 Å². The zero-order chi connectivity index (χ0) is 25.8. The maximum absolute atomic E-state index is 11.5. The lowest BCUT2D eigenvalue weighted by molar-refractivity contribution is -0.384. The molecule has 9 heteroatoms. The van der Waals surface area contributed by atoms with Crippen LogP contribution >= 0.6 is 11.3 Å². The van der Waals surface area contributed by atoms with Gasteiger partial charge < -0.3 is 9.32 Å². The van der Waals surface area contributed by atoms with Crippen molar-refractivity contribution in [2.24, 2.45) is 10.1 Å². The molecular weight excluding hydrogens is 486 g/mol. The molecule has 2 aromatic heterocycles. The van der Waals surface area contributed by atoms with E-state index in [0.29, 0.717) is 16.3 Å². The van der Waals surface area contributed by atoms with Crippen molar-refractivity contribution >= 4 is 45.6 Å². The Kier molecular flexibility index (Phi) is 6.96. The number of thiazole rings is 1. The van der Waals surface area contributed by atoms with Gasteiger partial charge in [0.25, 0.3) is 5.69 Å². The third-order valence-corrected chi connectivity index (χ3v) is 6.82. The van der Waals surface area contributed by atoms with Crippen LogP contribution in [0, 0.1) is 10.1 Å². The smallest absolute Gasteiger partial charge is 0.294 e. The van der Waals surface area contributed by atoms with E-state index in [4.69, 9.17) is 9.52 Å². The first-order valence-corrected chi connectivity index (χ1v) is 12.8. The zero-order valence-electron chi connectivity index (χ0n) is 20.4. The molecule has 5 aromatic rings. The van der Waals surface area contributed by atoms with Crippen molar-refractivity contribution in [3.05, 3.63) is 105 Å². The van der Waals surface area contributed by atoms with E-state index in [2.05, 4.69) is 35.9 Å². The molecule has 0 saturated heterocycles. The number of nitrogens with zero attached hydrogens (tertiary/aromatic N) is 5. The van der Waals surface area contributed by atoms with Crippen molar-refractivity contribution in [3.8, 4) is 11.5 Å². The minimum Gasteiger partial charge on any atom is -0.454 e. The maximum atomic E-state index is 11.5. The highest BCUT2D eigenvalue weighted by Gasteiger charge is 2.15. The van der Waals surface area contributed by atoms with E-state index in [0.717, 1.165) is 35.3 Å². The average Bonchev–Trinajstić information content (AvgIpc) is 3.53. The minimum atomic E-state index is -0.433. The molecule has 186 valence electrons. The molecule has 0 spiro atoms. The minimum absolute atomic E-state index is 0.0660. The number of furan rings is 1. The summed E-state index contributed by atoms with van der Waals surface area (Å²) in [5.74, 6) is 0.635. The Morgan fingerprint density at radius 3 is 2.49 bits per heavy atom. The quantitative estimate of drug-likeness (QED) is 0.130. The van der Waals surface area contributed by atoms with Crippen LogP contribution in [0.15, 0.2) is 98.8 Å². The van der Waals surface area contributed by atoms with Gasteiger partial charge in [0.1, 0.15) is 17.0 Å². The topological polar surface area (TPSA) is 89.2 Å². The van der Waals surface area contributed by atoms with Gasteiger partial charge in [-0.25, -0.2) is 9.67 Å². The van der Waals surface area contributed by atoms with Crippen molar-refractivity contribution in [2.75, 3.05) is 18.0 Å². The third-order valence-electron chi connectivity index (χ3n) is 6.00. The van der Waals surface area contributed by atoms with Gasteiger partial charge in [0.2, 0.25) is 4.80 Å². The summed E-state index contributed by atoms with van der Waals surface area (Å²) < 4.78 is 7.76. The molecule has 0 amide bonds. The van der Waals surface area contributed by atoms with Crippen molar-refractivity contribution in [1.29, 1.82) is 0 Å². The Morgan fingerprint density at radius 1 is 1.03 bits per heavy atom. The maximum Gasteiger partial charge on any atom is 0.294 e. The van der Waals surface area contributed by atoms with Crippen molar-refractivity contribution in [3.63, 3.8) is 0 Å². The highest BCUT2D eigenvalue weighted by molar-refractivity contribution is 7.07. The Morgan fingerprint density at radius 2 is 1.76 bits per heavy atom. The predicted octanol–water partition coefficient (Wildman–Crippen LogP) is 6.83.